The molecular weight excluding hydrogens is 284 g/mol. The number of piperidine rings is 1. The maximum Gasteiger partial charge on any atom is 0.251 e. The van der Waals surface area contributed by atoms with Crippen LogP contribution in [-0.2, 0) is 12.8 Å². The number of nitrogens with one attached hydrogen (secondary N) is 1. The van der Waals surface area contributed by atoms with E-state index in [0.717, 1.165) is 31.5 Å². The van der Waals surface area contributed by atoms with Crippen LogP contribution in [-0.4, -0.2) is 36.5 Å². The van der Waals surface area contributed by atoms with E-state index in [1.54, 1.807) is 0 Å². The van der Waals surface area contributed by atoms with Crippen molar-refractivity contribution in [2.45, 2.75) is 64.3 Å². The average molecular weight is 314 g/mol. The van der Waals surface area contributed by atoms with Gasteiger partial charge in [-0.1, -0.05) is 12.5 Å². The topological polar surface area (TPSA) is 32.3 Å². The van der Waals surface area contributed by atoms with E-state index in [-0.39, 0.29) is 5.91 Å². The van der Waals surface area contributed by atoms with Gasteiger partial charge in [-0.15, -0.1) is 0 Å². The molecule has 1 unspecified atom stereocenters. The van der Waals surface area contributed by atoms with E-state index >= 15 is 0 Å². The summed E-state index contributed by atoms with van der Waals surface area (Å²) in [4.78, 5) is 14.9. The molecule has 2 aliphatic rings. The van der Waals surface area contributed by atoms with Gasteiger partial charge in [0, 0.05) is 24.7 Å². The molecule has 3 nitrogen and oxygen atoms in total. The number of benzene rings is 1. The van der Waals surface area contributed by atoms with Crippen molar-refractivity contribution in [2.24, 2.45) is 0 Å². The Balaban J connectivity index is 1.44. The third-order valence-corrected chi connectivity index (χ3v) is 5.46. The molecule has 1 N–H and O–H groups in total. The van der Waals surface area contributed by atoms with Crippen LogP contribution in [0.4, 0.5) is 0 Å². The van der Waals surface area contributed by atoms with E-state index in [4.69, 9.17) is 0 Å². The summed E-state index contributed by atoms with van der Waals surface area (Å²) in [5, 5.41) is 3.09. The number of carbonyl (C=O) groups excluding carboxylic acids is 1. The first-order chi connectivity index (χ1) is 11.2. The molecule has 1 fully saturated rings. The average Bonchev–Trinajstić information content (AvgIpc) is 2.59. The monoisotopic (exact) mass is 314 g/mol. The quantitative estimate of drug-likeness (QED) is 0.843. The van der Waals surface area contributed by atoms with Crippen LogP contribution in [0.1, 0.15) is 66.9 Å². The minimum Gasteiger partial charge on any atom is -0.352 e. The Morgan fingerprint density at radius 1 is 1.17 bits per heavy atom. The van der Waals surface area contributed by atoms with E-state index in [0.29, 0.717) is 6.04 Å². The summed E-state index contributed by atoms with van der Waals surface area (Å²) >= 11 is 0. The number of rotatable bonds is 5. The van der Waals surface area contributed by atoms with Crippen molar-refractivity contribution in [3.05, 3.63) is 34.9 Å². The lowest BCUT2D eigenvalue weighted by atomic mass is 9.90. The van der Waals surface area contributed by atoms with Crippen LogP contribution in [0.25, 0.3) is 0 Å². The predicted octanol–water partition coefficient (Wildman–Crippen LogP) is 3.56. The summed E-state index contributed by atoms with van der Waals surface area (Å²) in [5.74, 6) is 0.0880. The number of likely N-dealkylation sites (tertiary alicyclic amines) is 1. The molecule has 0 aromatic heterocycles. The first-order valence-corrected chi connectivity index (χ1v) is 9.38. The maximum absolute atomic E-state index is 12.3. The largest absolute Gasteiger partial charge is 0.352 e. The fraction of sp³-hybridized carbons (Fsp3) is 0.650. The van der Waals surface area contributed by atoms with E-state index in [2.05, 4.69) is 29.3 Å². The van der Waals surface area contributed by atoms with Gasteiger partial charge in [-0.2, -0.15) is 0 Å². The molecule has 1 amide bonds. The zero-order chi connectivity index (χ0) is 16.1. The van der Waals surface area contributed by atoms with Gasteiger partial charge in [-0.25, -0.2) is 0 Å². The molecule has 1 aromatic rings. The lowest BCUT2D eigenvalue weighted by Crippen LogP contribution is -2.39. The van der Waals surface area contributed by atoms with Gasteiger partial charge in [0.1, 0.15) is 0 Å². The highest BCUT2D eigenvalue weighted by atomic mass is 16.1. The van der Waals surface area contributed by atoms with Gasteiger partial charge in [0.15, 0.2) is 0 Å². The molecule has 3 rings (SSSR count). The van der Waals surface area contributed by atoms with E-state index in [1.165, 1.54) is 56.2 Å². The summed E-state index contributed by atoms with van der Waals surface area (Å²) in [6.07, 6.45) is 9.90. The van der Waals surface area contributed by atoms with Gasteiger partial charge in [0.05, 0.1) is 0 Å². The van der Waals surface area contributed by atoms with Gasteiger partial charge in [-0.05, 0) is 81.7 Å². The molecule has 0 saturated carbocycles. The molecule has 1 atom stereocenters. The van der Waals surface area contributed by atoms with Crippen LogP contribution in [0, 0.1) is 0 Å². The van der Waals surface area contributed by atoms with Crippen molar-refractivity contribution < 1.29 is 4.79 Å². The first kappa shape index (κ1) is 16.5. The SMILES string of the molecule is CC1CCCCN1CCCNC(=O)c1ccc2c(c1)CCCC2. The van der Waals surface area contributed by atoms with Gasteiger partial charge in [0.2, 0.25) is 0 Å². The Labute approximate surface area is 140 Å². The van der Waals surface area contributed by atoms with E-state index in [1.807, 2.05) is 6.07 Å². The Morgan fingerprint density at radius 2 is 2.00 bits per heavy atom. The van der Waals surface area contributed by atoms with Crippen LogP contribution < -0.4 is 5.32 Å². The number of hydrogen-bond acceptors (Lipinski definition) is 2. The lowest BCUT2D eigenvalue weighted by molar-refractivity contribution is 0.0948. The Hall–Kier alpha value is -1.35. The Bertz CT molecular complexity index is 540. The molecule has 1 aliphatic heterocycles. The van der Waals surface area contributed by atoms with Crippen LogP contribution in [0.5, 0.6) is 0 Å². The van der Waals surface area contributed by atoms with Crippen molar-refractivity contribution >= 4 is 5.91 Å². The third kappa shape index (κ3) is 4.35. The van der Waals surface area contributed by atoms with Gasteiger partial charge >= 0.3 is 0 Å². The minimum absolute atomic E-state index is 0.0880. The molecule has 3 heteroatoms. The summed E-state index contributed by atoms with van der Waals surface area (Å²) in [6, 6.07) is 6.96. The summed E-state index contributed by atoms with van der Waals surface area (Å²) in [6.45, 7) is 5.43. The van der Waals surface area contributed by atoms with Gasteiger partial charge < -0.3 is 10.2 Å². The van der Waals surface area contributed by atoms with Crippen molar-refractivity contribution in [3.8, 4) is 0 Å². The van der Waals surface area contributed by atoms with Crippen LogP contribution in [0.3, 0.4) is 0 Å². The van der Waals surface area contributed by atoms with Crippen LogP contribution >= 0.6 is 0 Å². The van der Waals surface area contributed by atoms with Crippen molar-refractivity contribution in [3.63, 3.8) is 0 Å². The highest BCUT2D eigenvalue weighted by molar-refractivity contribution is 5.94. The molecule has 0 spiro atoms. The zero-order valence-electron chi connectivity index (χ0n) is 14.4. The number of aryl methyl sites for hydroxylation is 2. The molecule has 1 heterocycles. The lowest BCUT2D eigenvalue weighted by Gasteiger charge is -2.33. The van der Waals surface area contributed by atoms with Crippen LogP contribution in [0.15, 0.2) is 18.2 Å². The third-order valence-electron chi connectivity index (χ3n) is 5.46. The molecule has 1 aromatic carbocycles. The second-order valence-electron chi connectivity index (χ2n) is 7.18. The molecule has 1 saturated heterocycles. The molecule has 0 bridgehead atoms. The molecule has 0 radical (unpaired) electrons. The summed E-state index contributed by atoms with van der Waals surface area (Å²) < 4.78 is 0. The van der Waals surface area contributed by atoms with Crippen molar-refractivity contribution in [1.29, 1.82) is 0 Å². The summed E-state index contributed by atoms with van der Waals surface area (Å²) in [7, 11) is 0. The number of nitrogens with zero attached hydrogens (tertiary/aromatic N) is 1. The predicted molar refractivity (Wildman–Crippen MR) is 94.9 cm³/mol. The standard InChI is InChI=1S/C20H30N2O/c1-16-7-4-5-13-22(16)14-6-12-21-20(23)19-11-10-17-8-2-3-9-18(17)15-19/h10-11,15-16H,2-9,12-14H2,1H3,(H,21,23). The number of fused-ring (bicyclic) bond motifs is 1. The Kier molecular flexibility index (Phi) is 5.71. The number of amides is 1. The molecule has 23 heavy (non-hydrogen) atoms. The molecule has 126 valence electrons. The van der Waals surface area contributed by atoms with Crippen molar-refractivity contribution in [2.75, 3.05) is 19.6 Å². The zero-order valence-corrected chi connectivity index (χ0v) is 14.4. The number of carbonyl (C=O) groups is 1. The molecule has 1 aliphatic carbocycles. The maximum atomic E-state index is 12.3. The smallest absolute Gasteiger partial charge is 0.251 e. The van der Waals surface area contributed by atoms with Gasteiger partial charge in [0.25, 0.3) is 5.91 Å². The molecular formula is C20H30N2O. The minimum atomic E-state index is 0.0880. The normalized spacial score (nSPS) is 21.7. The highest BCUT2D eigenvalue weighted by Gasteiger charge is 2.17. The number of hydrogen-bond donors (Lipinski definition) is 1. The summed E-state index contributed by atoms with van der Waals surface area (Å²) in [5.41, 5.74) is 3.65. The van der Waals surface area contributed by atoms with E-state index in [9.17, 15) is 4.79 Å². The second-order valence-corrected chi connectivity index (χ2v) is 7.18. The van der Waals surface area contributed by atoms with Crippen LogP contribution in [0.2, 0.25) is 0 Å². The first-order valence-electron chi connectivity index (χ1n) is 9.38. The fourth-order valence-electron chi connectivity index (χ4n) is 3.95. The van der Waals surface area contributed by atoms with E-state index < -0.39 is 0 Å². The fourth-order valence-corrected chi connectivity index (χ4v) is 3.95. The second kappa shape index (κ2) is 7.96. The highest BCUT2D eigenvalue weighted by Crippen LogP contribution is 2.22. The van der Waals surface area contributed by atoms with Crippen molar-refractivity contribution in [1.82, 2.24) is 10.2 Å². The Morgan fingerprint density at radius 3 is 2.83 bits per heavy atom. The van der Waals surface area contributed by atoms with Gasteiger partial charge in [-0.3, -0.25) is 4.79 Å².